The molecule has 4 nitrogen and oxygen atoms in total. The average molecular weight is 661 g/mol. The predicted molar refractivity (Wildman–Crippen MR) is 217 cm³/mol. The first kappa shape index (κ1) is 27.7. The monoisotopic (exact) mass is 660 g/mol. The Kier molecular flexibility index (Phi) is 5.47. The quantitative estimate of drug-likeness (QED) is 0.177. The zero-order chi connectivity index (χ0) is 33.9. The average Bonchev–Trinajstić information content (AvgIpc) is 3.70. The van der Waals surface area contributed by atoms with E-state index in [1.54, 1.807) is 0 Å². The SMILES string of the molecule is c1ccc(-c2cccc(-c3nc(-n4c5cccc6c7cccc8c9ccccc9n(c9cccc4c9c65)c78)nc4ccc5ccccc5c34)c2)cc1. The molecule has 0 atom stereocenters. The van der Waals surface area contributed by atoms with Gasteiger partial charge in [-0.25, -0.2) is 9.97 Å². The first-order valence-corrected chi connectivity index (χ1v) is 17.8. The maximum Gasteiger partial charge on any atom is 0.235 e. The Morgan fingerprint density at radius 3 is 1.88 bits per heavy atom. The second kappa shape index (κ2) is 10.3. The summed E-state index contributed by atoms with van der Waals surface area (Å²) in [4.78, 5) is 11.0. The molecule has 4 heterocycles. The van der Waals surface area contributed by atoms with Gasteiger partial charge in [-0.2, -0.15) is 0 Å². The van der Waals surface area contributed by atoms with E-state index in [9.17, 15) is 0 Å². The first-order chi connectivity index (χ1) is 25.8. The molecule has 0 spiro atoms. The standard InChI is InChI=1S/C48H28N4/c1-2-12-29(13-3-1)31-15-8-16-32(28-31)46-43-33-17-5-4-14-30(33)26-27-38(43)49-48(50-46)52-40-23-10-19-35-37-21-9-20-36-34-18-6-7-22-39(34)51(47(36)37)41-24-11-25-42(52)45(41)44(35)40/h1-28H. The number of para-hydroxylation sites is 2. The Morgan fingerprint density at radius 2 is 0.981 bits per heavy atom. The van der Waals surface area contributed by atoms with E-state index in [1.165, 1.54) is 59.8 Å². The minimum Gasteiger partial charge on any atom is -0.308 e. The maximum atomic E-state index is 5.57. The largest absolute Gasteiger partial charge is 0.308 e. The number of rotatable bonds is 3. The third-order valence-electron chi connectivity index (χ3n) is 11.0. The third-order valence-corrected chi connectivity index (χ3v) is 11.0. The molecule has 0 bridgehead atoms. The van der Waals surface area contributed by atoms with Crippen LogP contribution in [0.25, 0.3) is 110 Å². The molecule has 0 amide bonds. The molecule has 0 saturated carbocycles. The zero-order valence-corrected chi connectivity index (χ0v) is 28.0. The van der Waals surface area contributed by atoms with Gasteiger partial charge in [0, 0.05) is 37.9 Å². The minimum atomic E-state index is 0.661. The Morgan fingerprint density at radius 1 is 0.365 bits per heavy atom. The van der Waals surface area contributed by atoms with E-state index >= 15 is 0 Å². The molecule has 4 aromatic heterocycles. The lowest BCUT2D eigenvalue weighted by Gasteiger charge is -2.14. The van der Waals surface area contributed by atoms with Crippen molar-refractivity contribution >= 4 is 81.6 Å². The van der Waals surface area contributed by atoms with Crippen molar-refractivity contribution in [2.45, 2.75) is 0 Å². The molecule has 12 rings (SSSR count). The lowest BCUT2D eigenvalue weighted by molar-refractivity contribution is 1.01. The van der Waals surface area contributed by atoms with Gasteiger partial charge in [0.25, 0.3) is 0 Å². The molecular formula is C48H28N4. The van der Waals surface area contributed by atoms with Crippen molar-refractivity contribution in [3.8, 4) is 28.3 Å². The van der Waals surface area contributed by atoms with Crippen LogP contribution in [0.4, 0.5) is 0 Å². The fourth-order valence-electron chi connectivity index (χ4n) is 8.88. The number of hydrogen-bond acceptors (Lipinski definition) is 2. The molecule has 0 aliphatic rings. The Bertz CT molecular complexity index is 3410. The molecule has 0 N–H and O–H groups in total. The fraction of sp³-hybridized carbons (Fsp3) is 0. The van der Waals surface area contributed by atoms with Gasteiger partial charge in [0.1, 0.15) is 0 Å². The first-order valence-electron chi connectivity index (χ1n) is 17.8. The molecule has 8 aromatic carbocycles. The highest BCUT2D eigenvalue weighted by molar-refractivity contribution is 6.31. The van der Waals surface area contributed by atoms with Crippen molar-refractivity contribution in [2.24, 2.45) is 0 Å². The highest BCUT2D eigenvalue weighted by Crippen LogP contribution is 2.44. The summed E-state index contributed by atoms with van der Waals surface area (Å²) >= 11 is 0. The fourth-order valence-corrected chi connectivity index (χ4v) is 8.88. The van der Waals surface area contributed by atoms with Crippen LogP contribution in [0.3, 0.4) is 0 Å². The van der Waals surface area contributed by atoms with E-state index < -0.39 is 0 Å². The number of benzene rings is 8. The van der Waals surface area contributed by atoms with Crippen molar-refractivity contribution in [1.29, 1.82) is 0 Å². The molecule has 240 valence electrons. The van der Waals surface area contributed by atoms with E-state index in [2.05, 4.69) is 179 Å². The van der Waals surface area contributed by atoms with Gasteiger partial charge in [-0.3, -0.25) is 4.57 Å². The minimum absolute atomic E-state index is 0.661. The summed E-state index contributed by atoms with van der Waals surface area (Å²) in [6, 6.07) is 61.1. The zero-order valence-electron chi connectivity index (χ0n) is 28.0. The van der Waals surface area contributed by atoms with Crippen molar-refractivity contribution in [2.75, 3.05) is 0 Å². The van der Waals surface area contributed by atoms with E-state index in [0.29, 0.717) is 5.95 Å². The molecule has 4 heteroatoms. The van der Waals surface area contributed by atoms with Crippen LogP contribution in [0.15, 0.2) is 170 Å². The summed E-state index contributed by atoms with van der Waals surface area (Å²) in [5.74, 6) is 0.661. The van der Waals surface area contributed by atoms with Gasteiger partial charge in [0.05, 0.1) is 38.8 Å². The van der Waals surface area contributed by atoms with Gasteiger partial charge < -0.3 is 4.40 Å². The van der Waals surface area contributed by atoms with Crippen LogP contribution >= 0.6 is 0 Å². The van der Waals surface area contributed by atoms with Gasteiger partial charge >= 0.3 is 0 Å². The normalized spacial score (nSPS) is 12.2. The molecule has 0 unspecified atom stereocenters. The van der Waals surface area contributed by atoms with Gasteiger partial charge in [-0.05, 0) is 63.7 Å². The lowest BCUT2D eigenvalue weighted by Crippen LogP contribution is -2.04. The summed E-state index contributed by atoms with van der Waals surface area (Å²) in [5, 5.41) is 10.8. The second-order valence-corrected chi connectivity index (χ2v) is 13.8. The summed E-state index contributed by atoms with van der Waals surface area (Å²) in [6.07, 6.45) is 0. The summed E-state index contributed by atoms with van der Waals surface area (Å²) in [7, 11) is 0. The molecule has 12 aromatic rings. The van der Waals surface area contributed by atoms with Crippen LogP contribution in [-0.4, -0.2) is 18.9 Å². The van der Waals surface area contributed by atoms with Gasteiger partial charge in [-0.15, -0.1) is 0 Å². The molecule has 0 saturated heterocycles. The van der Waals surface area contributed by atoms with Crippen molar-refractivity contribution in [1.82, 2.24) is 18.9 Å². The van der Waals surface area contributed by atoms with Gasteiger partial charge in [0.2, 0.25) is 5.95 Å². The topological polar surface area (TPSA) is 35.1 Å². The van der Waals surface area contributed by atoms with Gasteiger partial charge in [0.15, 0.2) is 0 Å². The van der Waals surface area contributed by atoms with E-state index in [1.807, 2.05) is 0 Å². The lowest BCUT2D eigenvalue weighted by atomic mass is 9.97. The number of fused-ring (bicyclic) bond motifs is 8. The van der Waals surface area contributed by atoms with Crippen LogP contribution in [0.2, 0.25) is 0 Å². The van der Waals surface area contributed by atoms with Crippen LogP contribution in [0.1, 0.15) is 0 Å². The number of nitrogens with zero attached hydrogens (tertiary/aromatic N) is 4. The highest BCUT2D eigenvalue weighted by Gasteiger charge is 2.24. The third kappa shape index (κ3) is 3.65. The summed E-state index contributed by atoms with van der Waals surface area (Å²) in [5.41, 5.74) is 11.0. The van der Waals surface area contributed by atoms with Crippen molar-refractivity contribution < 1.29 is 0 Å². The predicted octanol–water partition coefficient (Wildman–Crippen LogP) is 12.4. The summed E-state index contributed by atoms with van der Waals surface area (Å²) < 4.78 is 4.76. The van der Waals surface area contributed by atoms with Crippen molar-refractivity contribution in [3.63, 3.8) is 0 Å². The second-order valence-electron chi connectivity index (χ2n) is 13.8. The van der Waals surface area contributed by atoms with Gasteiger partial charge in [-0.1, -0.05) is 133 Å². The van der Waals surface area contributed by atoms with Crippen LogP contribution in [0.5, 0.6) is 0 Å². The Labute approximate surface area is 297 Å². The number of aromatic nitrogens is 4. The van der Waals surface area contributed by atoms with E-state index in [4.69, 9.17) is 9.97 Å². The molecule has 0 fully saturated rings. The van der Waals surface area contributed by atoms with E-state index in [-0.39, 0.29) is 0 Å². The Balaban J connectivity index is 1.24. The molecule has 0 radical (unpaired) electrons. The molecule has 52 heavy (non-hydrogen) atoms. The molecule has 0 aliphatic carbocycles. The van der Waals surface area contributed by atoms with E-state index in [0.717, 1.165) is 44.1 Å². The smallest absolute Gasteiger partial charge is 0.235 e. The highest BCUT2D eigenvalue weighted by atomic mass is 15.2. The molecule has 0 aliphatic heterocycles. The maximum absolute atomic E-state index is 5.57. The van der Waals surface area contributed by atoms with Crippen LogP contribution in [0, 0.1) is 0 Å². The number of hydrogen-bond donors (Lipinski definition) is 0. The Hall–Kier alpha value is -7.04. The van der Waals surface area contributed by atoms with Crippen molar-refractivity contribution in [3.05, 3.63) is 170 Å². The van der Waals surface area contributed by atoms with Crippen LogP contribution in [-0.2, 0) is 0 Å². The molecular weight excluding hydrogens is 633 g/mol. The van der Waals surface area contributed by atoms with Crippen LogP contribution < -0.4 is 0 Å². The summed E-state index contributed by atoms with van der Waals surface area (Å²) in [6.45, 7) is 0.